The Kier molecular flexibility index (Phi) is 5.09. The van der Waals surface area contributed by atoms with Crippen molar-refractivity contribution in [1.82, 2.24) is 0 Å². The fourth-order valence-electron chi connectivity index (χ4n) is 1.67. The predicted octanol–water partition coefficient (Wildman–Crippen LogP) is 3.45. The highest BCUT2D eigenvalue weighted by Crippen LogP contribution is 2.16. The fourth-order valence-corrected chi connectivity index (χ4v) is 2.94. The topological polar surface area (TPSA) is 43.4 Å². The van der Waals surface area contributed by atoms with Crippen molar-refractivity contribution in [2.45, 2.75) is 4.90 Å². The average Bonchev–Trinajstić information content (AvgIpc) is 2.47. The molecular formula is C15H13BrO3S. The van der Waals surface area contributed by atoms with Crippen LogP contribution in [-0.4, -0.2) is 22.9 Å². The first-order chi connectivity index (χ1) is 9.60. The monoisotopic (exact) mass is 352 g/mol. The second kappa shape index (κ2) is 6.81. The van der Waals surface area contributed by atoms with Gasteiger partial charge in [-0.2, -0.15) is 0 Å². The Morgan fingerprint density at radius 2 is 1.90 bits per heavy atom. The van der Waals surface area contributed by atoms with Gasteiger partial charge in [-0.1, -0.05) is 28.1 Å². The molecule has 2 aromatic carbocycles. The van der Waals surface area contributed by atoms with Gasteiger partial charge in [0.05, 0.1) is 23.7 Å². The van der Waals surface area contributed by atoms with E-state index >= 15 is 0 Å². The van der Waals surface area contributed by atoms with E-state index in [0.717, 1.165) is 4.47 Å². The molecule has 5 heteroatoms. The third-order valence-electron chi connectivity index (χ3n) is 2.73. The zero-order chi connectivity index (χ0) is 14.5. The Morgan fingerprint density at radius 3 is 2.55 bits per heavy atom. The Balaban J connectivity index is 2.10. The van der Waals surface area contributed by atoms with E-state index in [1.54, 1.807) is 43.5 Å². The zero-order valence-electron chi connectivity index (χ0n) is 10.8. The molecule has 0 spiro atoms. The third-order valence-corrected chi connectivity index (χ3v) is 4.58. The van der Waals surface area contributed by atoms with Crippen LogP contribution in [0.5, 0.6) is 5.75 Å². The molecule has 1 atom stereocenters. The molecule has 0 amide bonds. The highest BCUT2D eigenvalue weighted by molar-refractivity contribution is 9.10. The number of Topliss-reactive ketones (excluding diaryl/α,β-unsaturated/α-hetero) is 1. The van der Waals surface area contributed by atoms with Gasteiger partial charge < -0.3 is 4.74 Å². The summed E-state index contributed by atoms with van der Waals surface area (Å²) in [6.45, 7) is 0. The highest BCUT2D eigenvalue weighted by atomic mass is 79.9. The summed E-state index contributed by atoms with van der Waals surface area (Å²) in [6.07, 6.45) is 0. The summed E-state index contributed by atoms with van der Waals surface area (Å²) in [6, 6.07) is 14.0. The first-order valence-electron chi connectivity index (χ1n) is 5.91. The van der Waals surface area contributed by atoms with Crippen molar-refractivity contribution in [3.8, 4) is 5.75 Å². The minimum Gasteiger partial charge on any atom is -0.497 e. The molecule has 0 N–H and O–H groups in total. The highest BCUT2D eigenvalue weighted by Gasteiger charge is 2.13. The molecule has 0 bridgehead atoms. The number of hydrogen-bond donors (Lipinski definition) is 0. The van der Waals surface area contributed by atoms with Gasteiger partial charge in [0.1, 0.15) is 5.75 Å². The molecule has 1 unspecified atom stereocenters. The van der Waals surface area contributed by atoms with E-state index in [1.807, 2.05) is 12.1 Å². The molecule has 2 rings (SSSR count). The van der Waals surface area contributed by atoms with Gasteiger partial charge >= 0.3 is 0 Å². The van der Waals surface area contributed by atoms with Gasteiger partial charge in [-0.15, -0.1) is 0 Å². The largest absolute Gasteiger partial charge is 0.497 e. The van der Waals surface area contributed by atoms with Crippen LogP contribution in [0.15, 0.2) is 57.9 Å². The van der Waals surface area contributed by atoms with Gasteiger partial charge in [-0.3, -0.25) is 9.00 Å². The van der Waals surface area contributed by atoms with Crippen LogP contribution < -0.4 is 4.74 Å². The lowest BCUT2D eigenvalue weighted by Gasteiger charge is -2.04. The molecule has 0 aliphatic heterocycles. The van der Waals surface area contributed by atoms with Gasteiger partial charge in [0.15, 0.2) is 5.78 Å². The second-order valence-corrected chi connectivity index (χ2v) is 6.47. The van der Waals surface area contributed by atoms with Crippen molar-refractivity contribution in [1.29, 1.82) is 0 Å². The molecule has 0 radical (unpaired) electrons. The Labute approximate surface area is 128 Å². The van der Waals surface area contributed by atoms with Crippen LogP contribution in [0.1, 0.15) is 10.4 Å². The summed E-state index contributed by atoms with van der Waals surface area (Å²) in [5.41, 5.74) is 0.509. The molecule has 0 saturated heterocycles. The SMILES string of the molecule is COc1cccc(C(=O)CS(=O)c2ccc(Br)cc2)c1. The molecule has 104 valence electrons. The lowest BCUT2D eigenvalue weighted by Crippen LogP contribution is -2.11. The molecule has 0 fully saturated rings. The molecule has 0 saturated carbocycles. The maximum absolute atomic E-state index is 12.1. The third kappa shape index (κ3) is 3.77. The molecule has 0 aromatic heterocycles. The molecule has 2 aromatic rings. The summed E-state index contributed by atoms with van der Waals surface area (Å²) >= 11 is 3.32. The quantitative estimate of drug-likeness (QED) is 0.774. The lowest BCUT2D eigenvalue weighted by molar-refractivity contribution is 0.102. The standard InChI is InChI=1S/C15H13BrO3S/c1-19-13-4-2-3-11(9-13)15(17)10-20(18)14-7-5-12(16)6-8-14/h2-9H,10H2,1H3. The Bertz CT molecular complexity index is 638. The van der Waals surface area contributed by atoms with Crippen molar-refractivity contribution in [3.05, 3.63) is 58.6 Å². The lowest BCUT2D eigenvalue weighted by atomic mass is 10.1. The minimum atomic E-state index is -1.34. The average molecular weight is 353 g/mol. The van der Waals surface area contributed by atoms with Crippen LogP contribution in [0.4, 0.5) is 0 Å². The van der Waals surface area contributed by atoms with Crippen molar-refractivity contribution in [2.24, 2.45) is 0 Å². The van der Waals surface area contributed by atoms with E-state index in [0.29, 0.717) is 16.2 Å². The first-order valence-corrected chi connectivity index (χ1v) is 8.02. The van der Waals surface area contributed by atoms with Gasteiger partial charge in [-0.05, 0) is 36.4 Å². The summed E-state index contributed by atoms with van der Waals surface area (Å²) in [5, 5.41) is 0. The number of methoxy groups -OCH3 is 1. The Hall–Kier alpha value is -1.46. The van der Waals surface area contributed by atoms with E-state index in [2.05, 4.69) is 15.9 Å². The molecule has 0 heterocycles. The maximum Gasteiger partial charge on any atom is 0.175 e. The van der Waals surface area contributed by atoms with E-state index in [4.69, 9.17) is 4.74 Å². The van der Waals surface area contributed by atoms with Gasteiger partial charge in [-0.25, -0.2) is 0 Å². The summed E-state index contributed by atoms with van der Waals surface area (Å²) in [7, 11) is 0.203. The smallest absolute Gasteiger partial charge is 0.175 e. The van der Waals surface area contributed by atoms with Crippen molar-refractivity contribution < 1.29 is 13.7 Å². The number of ether oxygens (including phenoxy) is 1. The van der Waals surface area contributed by atoms with Crippen LogP contribution in [-0.2, 0) is 10.8 Å². The molecule has 3 nitrogen and oxygen atoms in total. The summed E-state index contributed by atoms with van der Waals surface area (Å²) in [4.78, 5) is 12.7. The predicted molar refractivity (Wildman–Crippen MR) is 82.7 cm³/mol. The number of ketones is 1. The van der Waals surface area contributed by atoms with Crippen LogP contribution in [0, 0.1) is 0 Å². The number of halogens is 1. The number of rotatable bonds is 5. The zero-order valence-corrected chi connectivity index (χ0v) is 13.2. The number of carbonyl (C=O) groups excluding carboxylic acids is 1. The molecule has 0 aliphatic rings. The van der Waals surface area contributed by atoms with Crippen molar-refractivity contribution in [2.75, 3.05) is 12.9 Å². The molecular weight excluding hydrogens is 340 g/mol. The van der Waals surface area contributed by atoms with E-state index in [9.17, 15) is 9.00 Å². The van der Waals surface area contributed by atoms with Crippen LogP contribution in [0.2, 0.25) is 0 Å². The van der Waals surface area contributed by atoms with Crippen LogP contribution in [0.25, 0.3) is 0 Å². The maximum atomic E-state index is 12.1. The van der Waals surface area contributed by atoms with Crippen molar-refractivity contribution >= 4 is 32.5 Å². The van der Waals surface area contributed by atoms with E-state index in [1.165, 1.54) is 0 Å². The number of carbonyl (C=O) groups is 1. The second-order valence-electron chi connectivity index (χ2n) is 4.10. The van der Waals surface area contributed by atoms with Crippen LogP contribution >= 0.6 is 15.9 Å². The van der Waals surface area contributed by atoms with Gasteiger partial charge in [0, 0.05) is 14.9 Å². The van der Waals surface area contributed by atoms with E-state index < -0.39 is 10.8 Å². The molecule has 0 aliphatic carbocycles. The summed E-state index contributed by atoms with van der Waals surface area (Å²) < 4.78 is 18.1. The number of hydrogen-bond acceptors (Lipinski definition) is 3. The minimum absolute atomic E-state index is 0.0329. The van der Waals surface area contributed by atoms with Crippen LogP contribution in [0.3, 0.4) is 0 Å². The van der Waals surface area contributed by atoms with Gasteiger partial charge in [0.25, 0.3) is 0 Å². The van der Waals surface area contributed by atoms with E-state index in [-0.39, 0.29) is 11.5 Å². The first kappa shape index (κ1) is 14.9. The normalized spacial score (nSPS) is 11.9. The number of benzene rings is 2. The molecule has 20 heavy (non-hydrogen) atoms. The van der Waals surface area contributed by atoms with Gasteiger partial charge in [0.2, 0.25) is 0 Å². The van der Waals surface area contributed by atoms with Crippen molar-refractivity contribution in [3.63, 3.8) is 0 Å². The fraction of sp³-hybridized carbons (Fsp3) is 0.133. The Morgan fingerprint density at radius 1 is 1.20 bits per heavy atom. The summed E-state index contributed by atoms with van der Waals surface area (Å²) in [5.74, 6) is 0.421.